The van der Waals surface area contributed by atoms with Crippen molar-refractivity contribution in [3.05, 3.63) is 21.3 Å². The van der Waals surface area contributed by atoms with Gasteiger partial charge < -0.3 is 0 Å². The predicted octanol–water partition coefficient (Wildman–Crippen LogP) is 0.510. The van der Waals surface area contributed by atoms with Crippen LogP contribution >= 0.6 is 22.6 Å². The Balaban J connectivity index is 2.56. The van der Waals surface area contributed by atoms with Crippen LogP contribution in [-0.2, 0) is 21.3 Å². The zero-order chi connectivity index (χ0) is 8.77. The second kappa shape index (κ2) is 2.63. The standard InChI is InChI=1S/C6H5IN2O2S/c7-6-8-1-4-2-12(10,11)3-5(4)9-6/h1H,2-3H2. The third kappa shape index (κ3) is 1.45. The zero-order valence-electron chi connectivity index (χ0n) is 5.99. The Morgan fingerprint density at radius 1 is 1.42 bits per heavy atom. The summed E-state index contributed by atoms with van der Waals surface area (Å²) in [4.78, 5) is 7.97. The number of nitrogens with zero attached hydrogens (tertiary/aromatic N) is 2. The average molecular weight is 296 g/mol. The van der Waals surface area contributed by atoms with E-state index >= 15 is 0 Å². The molecule has 1 aromatic heterocycles. The highest BCUT2D eigenvalue weighted by Gasteiger charge is 2.26. The second-order valence-electron chi connectivity index (χ2n) is 2.64. The van der Waals surface area contributed by atoms with E-state index in [-0.39, 0.29) is 11.5 Å². The summed E-state index contributed by atoms with van der Waals surface area (Å²) >= 11 is 1.97. The van der Waals surface area contributed by atoms with Gasteiger partial charge in [0.2, 0.25) is 0 Å². The summed E-state index contributed by atoms with van der Waals surface area (Å²) in [5.41, 5.74) is 1.41. The first-order chi connectivity index (χ1) is 5.57. The van der Waals surface area contributed by atoms with E-state index in [1.54, 1.807) is 6.20 Å². The number of fused-ring (bicyclic) bond motifs is 1. The van der Waals surface area contributed by atoms with Crippen molar-refractivity contribution < 1.29 is 8.42 Å². The summed E-state index contributed by atoms with van der Waals surface area (Å²) in [7, 11) is -2.93. The maximum absolute atomic E-state index is 11.1. The molecule has 0 atom stereocenters. The van der Waals surface area contributed by atoms with E-state index in [2.05, 4.69) is 9.97 Å². The third-order valence-corrected chi connectivity index (χ3v) is 3.64. The first-order valence-corrected chi connectivity index (χ1v) is 6.17. The molecular weight excluding hydrogens is 291 g/mol. The van der Waals surface area contributed by atoms with Gasteiger partial charge in [-0.05, 0) is 0 Å². The van der Waals surface area contributed by atoms with E-state index in [9.17, 15) is 8.42 Å². The zero-order valence-corrected chi connectivity index (χ0v) is 8.96. The fourth-order valence-corrected chi connectivity index (χ4v) is 3.07. The molecule has 0 saturated heterocycles. The van der Waals surface area contributed by atoms with Gasteiger partial charge in [-0.1, -0.05) is 0 Å². The van der Waals surface area contributed by atoms with Gasteiger partial charge in [0.25, 0.3) is 0 Å². The highest BCUT2D eigenvalue weighted by Crippen LogP contribution is 2.22. The lowest BCUT2D eigenvalue weighted by molar-refractivity contribution is 0.597. The Morgan fingerprint density at radius 3 is 2.92 bits per heavy atom. The Hall–Kier alpha value is -0.240. The molecule has 0 aliphatic carbocycles. The SMILES string of the molecule is O=S1(=O)Cc2cnc(I)nc2C1. The van der Waals surface area contributed by atoms with Crippen molar-refractivity contribution in [2.24, 2.45) is 0 Å². The molecule has 64 valence electrons. The maximum Gasteiger partial charge on any atom is 0.190 e. The molecule has 0 amide bonds. The minimum absolute atomic E-state index is 0.0703. The molecule has 0 N–H and O–H groups in total. The normalized spacial score (nSPS) is 19.1. The molecule has 0 fully saturated rings. The predicted molar refractivity (Wildman–Crippen MR) is 51.1 cm³/mol. The third-order valence-electron chi connectivity index (χ3n) is 1.66. The van der Waals surface area contributed by atoms with E-state index < -0.39 is 9.84 Å². The van der Waals surface area contributed by atoms with E-state index in [4.69, 9.17) is 0 Å². The number of hydrogen-bond donors (Lipinski definition) is 0. The fraction of sp³-hybridized carbons (Fsp3) is 0.333. The van der Waals surface area contributed by atoms with Crippen LogP contribution in [0.3, 0.4) is 0 Å². The summed E-state index contributed by atoms with van der Waals surface area (Å²) in [6, 6.07) is 0. The molecule has 2 rings (SSSR count). The van der Waals surface area contributed by atoms with Crippen molar-refractivity contribution in [3.8, 4) is 0 Å². The molecule has 4 nitrogen and oxygen atoms in total. The van der Waals surface area contributed by atoms with Gasteiger partial charge in [-0.25, -0.2) is 18.4 Å². The van der Waals surface area contributed by atoms with Crippen LogP contribution in [0.1, 0.15) is 11.3 Å². The average Bonchev–Trinajstić information content (AvgIpc) is 2.21. The second-order valence-corrected chi connectivity index (χ2v) is 5.67. The van der Waals surface area contributed by atoms with Gasteiger partial charge in [0, 0.05) is 34.4 Å². The van der Waals surface area contributed by atoms with E-state index in [1.165, 1.54) is 0 Å². The monoisotopic (exact) mass is 296 g/mol. The van der Waals surface area contributed by atoms with Gasteiger partial charge in [0.1, 0.15) is 0 Å². The van der Waals surface area contributed by atoms with Crippen LogP contribution in [0.4, 0.5) is 0 Å². The molecule has 6 heteroatoms. The molecule has 0 unspecified atom stereocenters. The molecule has 0 aromatic carbocycles. The number of halogens is 1. The minimum Gasteiger partial charge on any atom is -0.231 e. The lowest BCUT2D eigenvalue weighted by Crippen LogP contribution is -1.96. The lowest BCUT2D eigenvalue weighted by atomic mass is 10.3. The van der Waals surface area contributed by atoms with Crippen molar-refractivity contribution in [1.82, 2.24) is 9.97 Å². The van der Waals surface area contributed by atoms with Crippen molar-refractivity contribution in [2.45, 2.75) is 11.5 Å². The number of aromatic nitrogens is 2. The highest BCUT2D eigenvalue weighted by molar-refractivity contribution is 14.1. The molecule has 2 heterocycles. The Kier molecular flexibility index (Phi) is 1.83. The van der Waals surface area contributed by atoms with Crippen LogP contribution in [-0.4, -0.2) is 18.4 Å². The Bertz CT molecular complexity index is 429. The van der Waals surface area contributed by atoms with Crippen LogP contribution < -0.4 is 0 Å². The van der Waals surface area contributed by atoms with Crippen molar-refractivity contribution in [2.75, 3.05) is 0 Å². The number of hydrogen-bond acceptors (Lipinski definition) is 4. The summed E-state index contributed by atoms with van der Waals surface area (Å²) in [5.74, 6) is 0.167. The van der Waals surface area contributed by atoms with Gasteiger partial charge in [-0.15, -0.1) is 0 Å². The molecule has 1 aromatic rings. The van der Waals surface area contributed by atoms with Crippen molar-refractivity contribution >= 4 is 32.4 Å². The summed E-state index contributed by atoms with van der Waals surface area (Å²) in [5, 5.41) is 0. The van der Waals surface area contributed by atoms with Gasteiger partial charge >= 0.3 is 0 Å². The van der Waals surface area contributed by atoms with E-state index in [1.807, 2.05) is 22.6 Å². The largest absolute Gasteiger partial charge is 0.231 e. The van der Waals surface area contributed by atoms with Crippen LogP contribution in [0, 0.1) is 3.83 Å². The topological polar surface area (TPSA) is 59.9 Å². The summed E-state index contributed by atoms with van der Waals surface area (Å²) in [6.07, 6.45) is 1.59. The summed E-state index contributed by atoms with van der Waals surface area (Å²) in [6.45, 7) is 0. The van der Waals surface area contributed by atoms with E-state index in [0.29, 0.717) is 9.53 Å². The lowest BCUT2D eigenvalue weighted by Gasteiger charge is -1.93. The quantitative estimate of drug-likeness (QED) is 0.517. The maximum atomic E-state index is 11.1. The van der Waals surface area contributed by atoms with Gasteiger partial charge in [0.15, 0.2) is 13.7 Å². The van der Waals surface area contributed by atoms with Gasteiger partial charge in [-0.2, -0.15) is 0 Å². The molecular formula is C6H5IN2O2S. The fourth-order valence-electron chi connectivity index (χ4n) is 1.16. The molecule has 0 spiro atoms. The molecule has 12 heavy (non-hydrogen) atoms. The van der Waals surface area contributed by atoms with Crippen LogP contribution in [0.2, 0.25) is 0 Å². The summed E-state index contributed by atoms with van der Waals surface area (Å²) < 4.78 is 22.9. The molecule has 1 aliphatic heterocycles. The molecule has 1 aliphatic rings. The molecule has 0 saturated carbocycles. The van der Waals surface area contributed by atoms with Crippen molar-refractivity contribution in [3.63, 3.8) is 0 Å². The van der Waals surface area contributed by atoms with Crippen LogP contribution in [0.15, 0.2) is 6.20 Å². The van der Waals surface area contributed by atoms with Crippen LogP contribution in [0.25, 0.3) is 0 Å². The minimum atomic E-state index is -2.93. The first kappa shape index (κ1) is 8.36. The Morgan fingerprint density at radius 2 is 2.17 bits per heavy atom. The molecule has 0 bridgehead atoms. The van der Waals surface area contributed by atoms with Gasteiger partial charge in [0.05, 0.1) is 17.2 Å². The number of rotatable bonds is 0. The van der Waals surface area contributed by atoms with Gasteiger partial charge in [-0.3, -0.25) is 0 Å². The van der Waals surface area contributed by atoms with E-state index in [0.717, 1.165) is 5.56 Å². The Labute approximate surface area is 83.5 Å². The van der Waals surface area contributed by atoms with Crippen molar-refractivity contribution in [1.29, 1.82) is 0 Å². The smallest absolute Gasteiger partial charge is 0.190 e. The highest BCUT2D eigenvalue weighted by atomic mass is 127. The first-order valence-electron chi connectivity index (χ1n) is 3.27. The number of sulfone groups is 1. The molecule has 0 radical (unpaired) electrons. The van der Waals surface area contributed by atoms with Crippen LogP contribution in [0.5, 0.6) is 0 Å².